The Kier molecular flexibility index (Phi) is 7.49. The summed E-state index contributed by atoms with van der Waals surface area (Å²) in [6, 6.07) is 15.4. The van der Waals surface area contributed by atoms with Gasteiger partial charge in [0, 0.05) is 50.4 Å². The van der Waals surface area contributed by atoms with Gasteiger partial charge in [0.15, 0.2) is 0 Å². The zero-order chi connectivity index (χ0) is 27.0. The number of aromatic nitrogens is 1. The van der Waals surface area contributed by atoms with Crippen LogP contribution >= 0.6 is 0 Å². The lowest BCUT2D eigenvalue weighted by Gasteiger charge is -2.26. The predicted molar refractivity (Wildman–Crippen MR) is 150 cm³/mol. The van der Waals surface area contributed by atoms with Crippen molar-refractivity contribution < 1.29 is 9.59 Å². The smallest absolute Gasteiger partial charge is 0.270 e. The van der Waals surface area contributed by atoms with E-state index in [1.54, 1.807) is 0 Å². The largest absolute Gasteiger partial charge is 0.355 e. The number of pyridine rings is 1. The molecule has 3 atom stereocenters. The molecular formula is C31H42N5O2. The number of piperidine rings is 1. The van der Waals surface area contributed by atoms with E-state index in [1.165, 1.54) is 5.56 Å². The molecule has 3 aliphatic rings. The molecule has 38 heavy (non-hydrogen) atoms. The van der Waals surface area contributed by atoms with Gasteiger partial charge in [-0.15, -0.1) is 0 Å². The molecule has 3 unspecified atom stereocenters. The van der Waals surface area contributed by atoms with Gasteiger partial charge in [0.05, 0.1) is 0 Å². The maximum Gasteiger partial charge on any atom is 0.270 e. The highest BCUT2D eigenvalue weighted by Gasteiger charge is 2.56. The third-order valence-corrected chi connectivity index (χ3v) is 8.86. The second-order valence-electron chi connectivity index (χ2n) is 12.1. The zero-order valence-corrected chi connectivity index (χ0v) is 23.5. The summed E-state index contributed by atoms with van der Waals surface area (Å²) in [4.78, 5) is 37.3. The number of fused-ring (bicyclic) bond motifs is 1. The minimum atomic E-state index is -0.164. The van der Waals surface area contributed by atoms with Crippen LogP contribution in [0.3, 0.4) is 0 Å². The number of hydrogen-bond acceptors (Lipinski definition) is 5. The minimum absolute atomic E-state index is 0.0750. The lowest BCUT2D eigenvalue weighted by molar-refractivity contribution is 0.0764. The molecule has 1 N–H and O–H groups in total. The van der Waals surface area contributed by atoms with Crippen LogP contribution in [0.2, 0.25) is 0 Å². The SMILES string of the molecule is CCN(CC)C1CCN(c2cc[c]c(C(=O)NCC3C4CN(C(=O)c5ccc(C(C)(C)C)cc5)CC34)n2)C1. The molecule has 2 saturated heterocycles. The lowest BCUT2D eigenvalue weighted by Crippen LogP contribution is -2.37. The van der Waals surface area contributed by atoms with E-state index in [0.717, 1.165) is 57.1 Å². The van der Waals surface area contributed by atoms with E-state index in [9.17, 15) is 9.59 Å². The van der Waals surface area contributed by atoms with E-state index in [2.05, 4.69) is 72.9 Å². The topological polar surface area (TPSA) is 68.8 Å². The molecule has 1 radical (unpaired) electrons. The number of carbonyl (C=O) groups is 2. The van der Waals surface area contributed by atoms with Crippen molar-refractivity contribution in [2.24, 2.45) is 17.8 Å². The molecule has 7 nitrogen and oxygen atoms in total. The summed E-state index contributed by atoms with van der Waals surface area (Å²) in [6.07, 6.45) is 1.12. The molecule has 0 bridgehead atoms. The van der Waals surface area contributed by atoms with Crippen LogP contribution in [0, 0.1) is 23.8 Å². The Morgan fingerprint density at radius 1 is 1.05 bits per heavy atom. The highest BCUT2D eigenvalue weighted by Crippen LogP contribution is 2.51. The van der Waals surface area contributed by atoms with Gasteiger partial charge in [-0.1, -0.05) is 46.8 Å². The lowest BCUT2D eigenvalue weighted by atomic mass is 9.86. The average Bonchev–Trinajstić information content (AvgIpc) is 3.25. The first-order valence-corrected chi connectivity index (χ1v) is 14.2. The number of nitrogens with zero attached hydrogens (tertiary/aromatic N) is 4. The van der Waals surface area contributed by atoms with Crippen molar-refractivity contribution >= 4 is 17.6 Å². The molecule has 2 amide bonds. The number of likely N-dealkylation sites (tertiary alicyclic amines) is 1. The van der Waals surface area contributed by atoms with Gasteiger partial charge in [-0.25, -0.2) is 4.98 Å². The van der Waals surface area contributed by atoms with Crippen molar-refractivity contribution in [2.45, 2.75) is 52.5 Å². The van der Waals surface area contributed by atoms with Crippen LogP contribution in [0.5, 0.6) is 0 Å². The van der Waals surface area contributed by atoms with Crippen LogP contribution in [0.15, 0.2) is 36.4 Å². The van der Waals surface area contributed by atoms with Crippen molar-refractivity contribution in [3.05, 3.63) is 59.3 Å². The molecule has 2 aliphatic heterocycles. The fourth-order valence-corrected chi connectivity index (χ4v) is 6.37. The molecule has 5 rings (SSSR count). The second-order valence-corrected chi connectivity index (χ2v) is 12.1. The van der Waals surface area contributed by atoms with Gasteiger partial charge in [0.25, 0.3) is 11.8 Å². The van der Waals surface area contributed by atoms with E-state index in [0.29, 0.717) is 36.0 Å². The summed E-state index contributed by atoms with van der Waals surface area (Å²) >= 11 is 0. The van der Waals surface area contributed by atoms with E-state index in [-0.39, 0.29) is 17.2 Å². The van der Waals surface area contributed by atoms with Gasteiger partial charge < -0.3 is 15.1 Å². The number of anilines is 1. The van der Waals surface area contributed by atoms with E-state index < -0.39 is 0 Å². The van der Waals surface area contributed by atoms with Gasteiger partial charge in [0.1, 0.15) is 11.5 Å². The number of amides is 2. The fraction of sp³-hybridized carbons (Fsp3) is 0.581. The summed E-state index contributed by atoms with van der Waals surface area (Å²) in [6.45, 7) is 17.1. The molecule has 0 spiro atoms. The number of hydrogen-bond donors (Lipinski definition) is 1. The summed E-state index contributed by atoms with van der Waals surface area (Å²) in [5.74, 6) is 2.18. The number of likely N-dealkylation sites (N-methyl/N-ethyl adjacent to an activating group) is 1. The van der Waals surface area contributed by atoms with Gasteiger partial charge in [-0.3, -0.25) is 14.5 Å². The van der Waals surface area contributed by atoms with Crippen LogP contribution in [-0.2, 0) is 5.41 Å². The van der Waals surface area contributed by atoms with Crippen molar-refractivity contribution in [1.82, 2.24) is 20.1 Å². The van der Waals surface area contributed by atoms with Crippen LogP contribution in [0.4, 0.5) is 5.82 Å². The quantitative estimate of drug-likeness (QED) is 0.577. The Hall–Kier alpha value is -2.93. The van der Waals surface area contributed by atoms with Crippen molar-refractivity contribution in [3.8, 4) is 0 Å². The molecule has 1 aromatic carbocycles. The van der Waals surface area contributed by atoms with Gasteiger partial charge in [-0.2, -0.15) is 0 Å². The third kappa shape index (κ3) is 5.44. The van der Waals surface area contributed by atoms with Gasteiger partial charge in [-0.05, 0) is 72.5 Å². The standard InChI is InChI=1S/C31H42N5O2/c1-6-34(7-2)23-15-16-35(18-23)28-10-8-9-27(33-28)29(37)32-17-24-25-19-36(20-26(24)25)30(38)21-11-13-22(14-12-21)31(3,4)5/h8,10-14,23-26H,6-7,15-20H2,1-5H3,(H,32,37). The Labute approximate surface area is 227 Å². The maximum absolute atomic E-state index is 13.0. The normalized spacial score (nSPS) is 24.6. The monoisotopic (exact) mass is 516 g/mol. The summed E-state index contributed by atoms with van der Waals surface area (Å²) in [5, 5.41) is 3.09. The Balaban J connectivity index is 1.10. The van der Waals surface area contributed by atoms with Crippen molar-refractivity contribution in [2.75, 3.05) is 50.7 Å². The second kappa shape index (κ2) is 10.7. The number of carbonyl (C=O) groups excluding carboxylic acids is 2. The number of nitrogens with one attached hydrogen (secondary N) is 1. The van der Waals surface area contributed by atoms with Gasteiger partial charge >= 0.3 is 0 Å². The molecule has 3 fully saturated rings. The Bertz CT molecular complexity index is 1140. The summed E-state index contributed by atoms with van der Waals surface area (Å²) < 4.78 is 0. The molecule has 2 aromatic rings. The first-order chi connectivity index (χ1) is 18.2. The highest BCUT2D eigenvalue weighted by molar-refractivity contribution is 5.94. The molecule has 7 heteroatoms. The maximum atomic E-state index is 13.0. The van der Waals surface area contributed by atoms with Crippen LogP contribution in [0.1, 0.15) is 67.4 Å². The number of benzene rings is 1. The predicted octanol–water partition coefficient (Wildman–Crippen LogP) is 3.85. The van der Waals surface area contributed by atoms with Crippen molar-refractivity contribution in [3.63, 3.8) is 0 Å². The Morgan fingerprint density at radius 2 is 1.74 bits per heavy atom. The first kappa shape index (κ1) is 26.7. The Morgan fingerprint density at radius 3 is 2.37 bits per heavy atom. The van der Waals surface area contributed by atoms with Crippen molar-refractivity contribution in [1.29, 1.82) is 0 Å². The van der Waals surface area contributed by atoms with E-state index in [1.807, 2.05) is 29.2 Å². The van der Waals surface area contributed by atoms with Crippen LogP contribution < -0.4 is 10.2 Å². The zero-order valence-electron chi connectivity index (χ0n) is 23.5. The molecule has 1 aromatic heterocycles. The summed E-state index contributed by atoms with van der Waals surface area (Å²) in [5.41, 5.74) is 2.42. The first-order valence-electron chi connectivity index (χ1n) is 14.2. The number of rotatable bonds is 8. The van der Waals surface area contributed by atoms with E-state index in [4.69, 9.17) is 0 Å². The van der Waals surface area contributed by atoms with E-state index >= 15 is 0 Å². The molecule has 203 valence electrons. The highest BCUT2D eigenvalue weighted by atomic mass is 16.2. The summed E-state index contributed by atoms with van der Waals surface area (Å²) in [7, 11) is 0. The van der Waals surface area contributed by atoms with Crippen LogP contribution in [-0.4, -0.2) is 78.5 Å². The molecule has 1 saturated carbocycles. The minimum Gasteiger partial charge on any atom is -0.355 e. The molecule has 1 aliphatic carbocycles. The fourth-order valence-electron chi connectivity index (χ4n) is 6.37. The average molecular weight is 517 g/mol. The third-order valence-electron chi connectivity index (χ3n) is 8.86. The van der Waals surface area contributed by atoms with Gasteiger partial charge in [0.2, 0.25) is 0 Å². The van der Waals surface area contributed by atoms with Crippen LogP contribution in [0.25, 0.3) is 0 Å². The molecular weight excluding hydrogens is 474 g/mol. The molecule has 3 heterocycles.